The van der Waals surface area contributed by atoms with E-state index in [9.17, 15) is 0 Å². The predicted molar refractivity (Wildman–Crippen MR) is 113 cm³/mol. The molecule has 1 heterocycles. The zero-order chi connectivity index (χ0) is 17.7. The zero-order valence-corrected chi connectivity index (χ0v) is 16.7. The van der Waals surface area contributed by atoms with Gasteiger partial charge in [-0.05, 0) is 72.9 Å². The number of rotatable bonds is 2. The first kappa shape index (κ1) is 17.6. The van der Waals surface area contributed by atoms with E-state index < -0.39 is 5.39 Å². The average Bonchev–Trinajstić information content (AvgIpc) is 3.22. The Balaban J connectivity index is 2.57. The van der Waals surface area contributed by atoms with Gasteiger partial charge < -0.3 is 11.5 Å². The third-order valence-electron chi connectivity index (χ3n) is 4.27. The first-order valence-corrected chi connectivity index (χ1v) is 14.2. The summed E-state index contributed by atoms with van der Waals surface area (Å²) in [6.07, 6.45) is 0. The molecule has 0 atom stereocenters. The SMILES string of the molecule is Cc1ccccc1S1(SC(=N)N)(C(=N)N)(c2ccccc2C)SS1. The topological polar surface area (TPSA) is 99.7 Å². The molecule has 4 nitrogen and oxygen atoms in total. The first-order valence-electron chi connectivity index (χ1n) is 7.22. The van der Waals surface area contributed by atoms with Gasteiger partial charge in [0.1, 0.15) is 0 Å². The number of nitrogens with one attached hydrogen (secondary N) is 2. The van der Waals surface area contributed by atoms with E-state index in [-0.39, 0.29) is 10.3 Å². The van der Waals surface area contributed by atoms with Gasteiger partial charge in [-0.3, -0.25) is 10.8 Å². The van der Waals surface area contributed by atoms with Crippen molar-refractivity contribution in [2.24, 2.45) is 11.5 Å². The molecule has 1 saturated heterocycles. The van der Waals surface area contributed by atoms with Crippen molar-refractivity contribution < 1.29 is 0 Å². The zero-order valence-electron chi connectivity index (χ0n) is 13.4. The first-order chi connectivity index (χ1) is 11.2. The average molecular weight is 397 g/mol. The number of aryl methyl sites for hydroxylation is 2. The van der Waals surface area contributed by atoms with Gasteiger partial charge in [0.15, 0.2) is 10.3 Å². The van der Waals surface area contributed by atoms with Gasteiger partial charge in [-0.25, -0.2) is 0 Å². The third-order valence-corrected chi connectivity index (χ3v) is 28.0. The summed E-state index contributed by atoms with van der Waals surface area (Å²) < 4.78 is 0. The number of benzene rings is 2. The third kappa shape index (κ3) is 1.82. The largest absolute Gasteiger partial charge is 0.379 e. The molecule has 0 spiro atoms. The van der Waals surface area contributed by atoms with Crippen molar-refractivity contribution in [2.75, 3.05) is 0 Å². The highest BCUT2D eigenvalue weighted by molar-refractivity contribution is 9.98. The standard InChI is InChI=1S/C16H20N4S4/c1-11-7-3-5-9-13(11)24(16(19)20,22-23-24,21-15(17)18)14-10-6-4-8-12(14)2/h3-10H,1-2H3,(H3,17,18)(H3,19,20). The normalized spacial score (nSPS) is 22.2. The summed E-state index contributed by atoms with van der Waals surface area (Å²) >= 11 is 0. The molecule has 1 aliphatic rings. The quantitative estimate of drug-likeness (QED) is 0.240. The molecular weight excluding hydrogens is 376 g/mol. The van der Waals surface area contributed by atoms with Crippen LogP contribution in [0, 0.1) is 24.7 Å². The minimum Gasteiger partial charge on any atom is -0.379 e. The van der Waals surface area contributed by atoms with E-state index in [1.54, 1.807) is 19.7 Å². The predicted octanol–water partition coefficient (Wildman–Crippen LogP) is 5.26. The van der Waals surface area contributed by atoms with Gasteiger partial charge in [-0.2, -0.15) is 0 Å². The van der Waals surface area contributed by atoms with Gasteiger partial charge in [-0.15, -0.1) is 0 Å². The Hall–Kier alpha value is -1.22. The van der Waals surface area contributed by atoms with E-state index in [2.05, 4.69) is 0 Å². The van der Waals surface area contributed by atoms with Crippen LogP contribution in [0.4, 0.5) is 0 Å². The van der Waals surface area contributed by atoms with E-state index in [0.717, 1.165) is 20.9 Å². The fourth-order valence-electron chi connectivity index (χ4n) is 3.13. The minimum atomic E-state index is -3.74. The maximum atomic E-state index is 8.73. The van der Waals surface area contributed by atoms with Crippen LogP contribution in [0.2, 0.25) is 0 Å². The second kappa shape index (κ2) is 5.14. The van der Waals surface area contributed by atoms with E-state index in [4.69, 9.17) is 22.3 Å². The summed E-state index contributed by atoms with van der Waals surface area (Å²) in [5, 5.41) is 13.1. The van der Waals surface area contributed by atoms with Gasteiger partial charge in [0.25, 0.3) is 0 Å². The van der Waals surface area contributed by atoms with Crippen LogP contribution in [0.3, 0.4) is 0 Å². The molecule has 6 N–H and O–H groups in total. The molecule has 2 aromatic rings. The van der Waals surface area contributed by atoms with Crippen molar-refractivity contribution >= 4 is 46.2 Å². The van der Waals surface area contributed by atoms with Gasteiger partial charge >= 0.3 is 0 Å². The minimum absolute atomic E-state index is 0.0177. The van der Waals surface area contributed by atoms with Crippen molar-refractivity contribution in [1.29, 1.82) is 10.8 Å². The molecule has 0 aromatic heterocycles. The van der Waals surface area contributed by atoms with Gasteiger partial charge in [0, 0.05) is 9.79 Å². The lowest BCUT2D eigenvalue weighted by Gasteiger charge is -2.59. The molecular formula is C16H20N4S4. The molecule has 8 heteroatoms. The van der Waals surface area contributed by atoms with Crippen molar-refractivity contribution in [3.05, 3.63) is 59.7 Å². The van der Waals surface area contributed by atoms with Crippen LogP contribution in [-0.4, -0.2) is 10.3 Å². The van der Waals surface area contributed by atoms with Crippen LogP contribution in [-0.2, 0) is 0 Å². The number of hydrogen-bond acceptors (Lipinski definition) is 5. The number of nitrogens with two attached hydrogens (primary N) is 2. The van der Waals surface area contributed by atoms with Crippen LogP contribution < -0.4 is 11.5 Å². The highest BCUT2D eigenvalue weighted by Gasteiger charge is 2.82. The molecule has 24 heavy (non-hydrogen) atoms. The molecule has 128 valence electrons. The van der Waals surface area contributed by atoms with Crippen LogP contribution in [0.15, 0.2) is 58.3 Å². The maximum Gasteiger partial charge on any atom is 0.161 e. The Morgan fingerprint density at radius 3 is 1.58 bits per heavy atom. The molecule has 0 unspecified atom stereocenters. The maximum absolute atomic E-state index is 8.73. The summed E-state index contributed by atoms with van der Waals surface area (Å²) in [4.78, 5) is 2.02. The summed E-state index contributed by atoms with van der Waals surface area (Å²) in [7, 11) is 4.48. The van der Waals surface area contributed by atoms with Crippen LogP contribution in [0.5, 0.6) is 0 Å². The molecule has 2 aromatic carbocycles. The van der Waals surface area contributed by atoms with E-state index in [1.165, 1.54) is 10.8 Å². The number of hydrogen-bond donors (Lipinski definition) is 4. The van der Waals surface area contributed by atoms with Crippen molar-refractivity contribution in [1.82, 2.24) is 0 Å². The lowest BCUT2D eigenvalue weighted by molar-refractivity contribution is 1.24. The molecule has 0 saturated carbocycles. The molecule has 1 fully saturated rings. The second-order valence-electron chi connectivity index (χ2n) is 5.74. The monoisotopic (exact) mass is 396 g/mol. The molecule has 3 rings (SSSR count). The summed E-state index contributed by atoms with van der Waals surface area (Å²) in [5.41, 5.74) is 14.4. The van der Waals surface area contributed by atoms with Gasteiger partial charge in [0.2, 0.25) is 0 Å². The van der Waals surface area contributed by atoms with Gasteiger partial charge in [0.05, 0.1) is 0 Å². The Morgan fingerprint density at radius 1 is 0.875 bits per heavy atom. The summed E-state index contributed by atoms with van der Waals surface area (Å²) in [5.74, 6) is 0. The highest BCUT2D eigenvalue weighted by atomic mass is 34.3. The molecule has 0 radical (unpaired) electrons. The number of amidine groups is 2. The van der Waals surface area contributed by atoms with Crippen LogP contribution in [0.25, 0.3) is 0 Å². The fourth-order valence-corrected chi connectivity index (χ4v) is 27.6. The highest BCUT2D eigenvalue weighted by Crippen LogP contribution is 3.33. The Kier molecular flexibility index (Phi) is 3.77. The molecule has 1 aliphatic heterocycles. The molecule has 0 amide bonds. The fraction of sp³-hybridized carbons (Fsp3) is 0.125. The Morgan fingerprint density at radius 2 is 1.29 bits per heavy atom. The lowest BCUT2D eigenvalue weighted by atomic mass is 10.2. The van der Waals surface area contributed by atoms with Crippen LogP contribution >= 0.6 is 35.8 Å². The van der Waals surface area contributed by atoms with Gasteiger partial charge in [-0.1, -0.05) is 36.4 Å². The van der Waals surface area contributed by atoms with E-state index >= 15 is 0 Å². The van der Waals surface area contributed by atoms with Crippen molar-refractivity contribution in [3.8, 4) is 0 Å². The molecule has 0 aliphatic carbocycles. The van der Waals surface area contributed by atoms with Crippen LogP contribution in [0.1, 0.15) is 11.1 Å². The second-order valence-corrected chi connectivity index (χ2v) is 23.6. The summed E-state index contributed by atoms with van der Waals surface area (Å²) in [6, 6.07) is 16.0. The smallest absolute Gasteiger partial charge is 0.161 e. The van der Waals surface area contributed by atoms with Crippen molar-refractivity contribution in [3.63, 3.8) is 0 Å². The van der Waals surface area contributed by atoms with E-state index in [1.807, 2.05) is 62.4 Å². The summed E-state index contributed by atoms with van der Waals surface area (Å²) in [6.45, 7) is 4.06. The Labute approximate surface area is 151 Å². The van der Waals surface area contributed by atoms with E-state index in [0.29, 0.717) is 0 Å². The van der Waals surface area contributed by atoms with Crippen molar-refractivity contribution in [2.45, 2.75) is 23.6 Å². The molecule has 0 bridgehead atoms. The Bertz CT molecular complexity index is 840. The lowest BCUT2D eigenvalue weighted by Crippen LogP contribution is -2.34.